The lowest BCUT2D eigenvalue weighted by molar-refractivity contribution is -0.384. The average Bonchev–Trinajstić information content (AvgIpc) is 3.08. The third-order valence-electron chi connectivity index (χ3n) is 4.04. The van der Waals surface area contributed by atoms with Gasteiger partial charge in [-0.1, -0.05) is 0 Å². The van der Waals surface area contributed by atoms with E-state index < -0.39 is 41.5 Å². The Balaban J connectivity index is 1.55. The molecule has 0 bridgehead atoms. The number of benzene rings is 2. The largest absolute Gasteiger partial charge is 0.454 e. The molecule has 0 aliphatic heterocycles. The summed E-state index contributed by atoms with van der Waals surface area (Å²) in [6, 6.07) is 8.91. The van der Waals surface area contributed by atoms with Crippen molar-refractivity contribution in [3.63, 3.8) is 0 Å². The van der Waals surface area contributed by atoms with Gasteiger partial charge >= 0.3 is 11.7 Å². The van der Waals surface area contributed by atoms with E-state index in [4.69, 9.17) is 9.15 Å². The molecule has 0 aliphatic carbocycles. The summed E-state index contributed by atoms with van der Waals surface area (Å²) in [6.07, 6.45) is 0. The number of aromatic nitrogens is 2. The lowest BCUT2D eigenvalue weighted by Crippen LogP contribution is -2.26. The van der Waals surface area contributed by atoms with E-state index in [1.54, 1.807) is 6.92 Å². The smallest absolute Gasteiger partial charge is 0.437 e. The summed E-state index contributed by atoms with van der Waals surface area (Å²) in [5.74, 6) is -3.11. The highest BCUT2D eigenvalue weighted by molar-refractivity contribution is 5.93. The summed E-state index contributed by atoms with van der Waals surface area (Å²) in [5.41, 5.74) is 0.989. The van der Waals surface area contributed by atoms with Crippen LogP contribution < -0.4 is 11.1 Å². The van der Waals surface area contributed by atoms with Crippen molar-refractivity contribution in [3.8, 4) is 11.5 Å². The number of carbonyl (C=O) groups is 2. The van der Waals surface area contributed by atoms with Crippen LogP contribution in [0.25, 0.3) is 11.5 Å². The summed E-state index contributed by atoms with van der Waals surface area (Å²) in [7, 11) is 0. The van der Waals surface area contributed by atoms with Crippen molar-refractivity contribution in [3.05, 3.63) is 74.5 Å². The molecule has 0 saturated heterocycles. The summed E-state index contributed by atoms with van der Waals surface area (Å²) in [4.78, 5) is 45.9. The Morgan fingerprint density at radius 1 is 1.26 bits per heavy atom. The van der Waals surface area contributed by atoms with E-state index in [0.29, 0.717) is 21.5 Å². The van der Waals surface area contributed by atoms with Crippen molar-refractivity contribution in [2.24, 2.45) is 0 Å². The summed E-state index contributed by atoms with van der Waals surface area (Å²) >= 11 is 0. The predicted octanol–water partition coefficient (Wildman–Crippen LogP) is 2.04. The molecule has 1 amide bonds. The molecule has 0 radical (unpaired) electrons. The van der Waals surface area contributed by atoms with E-state index in [1.165, 1.54) is 30.3 Å². The number of aryl methyl sites for hydroxylation is 1. The fraction of sp³-hybridized carbons (Fsp3) is 0.158. The van der Waals surface area contributed by atoms with Crippen LogP contribution in [0.4, 0.5) is 15.8 Å². The van der Waals surface area contributed by atoms with Gasteiger partial charge in [0.15, 0.2) is 6.61 Å². The first-order chi connectivity index (χ1) is 14.7. The molecular weight excluding hydrogens is 415 g/mol. The van der Waals surface area contributed by atoms with Crippen LogP contribution in [0.15, 0.2) is 51.7 Å². The Kier molecular flexibility index (Phi) is 6.19. The van der Waals surface area contributed by atoms with E-state index in [0.717, 1.165) is 12.1 Å². The summed E-state index contributed by atoms with van der Waals surface area (Å²) in [6.45, 7) is 0.324. The van der Waals surface area contributed by atoms with Gasteiger partial charge in [-0.05, 0) is 42.8 Å². The molecule has 1 N–H and O–H groups in total. The van der Waals surface area contributed by atoms with Crippen LogP contribution in [0.3, 0.4) is 0 Å². The highest BCUT2D eigenvalue weighted by atomic mass is 19.1. The molecule has 31 heavy (non-hydrogen) atoms. The van der Waals surface area contributed by atoms with E-state index in [9.17, 15) is 28.9 Å². The van der Waals surface area contributed by atoms with Gasteiger partial charge in [-0.15, -0.1) is 5.10 Å². The monoisotopic (exact) mass is 430 g/mol. The number of nitrogens with one attached hydrogen (secondary N) is 1. The second-order valence-electron chi connectivity index (χ2n) is 6.30. The first kappa shape index (κ1) is 21.4. The van der Waals surface area contributed by atoms with Gasteiger partial charge in [0.25, 0.3) is 11.6 Å². The van der Waals surface area contributed by atoms with E-state index >= 15 is 0 Å². The number of non-ortho nitro benzene ring substituents is 1. The minimum Gasteiger partial charge on any atom is -0.454 e. The average molecular weight is 430 g/mol. The summed E-state index contributed by atoms with van der Waals surface area (Å²) < 4.78 is 23.4. The minimum atomic E-state index is -0.928. The Bertz CT molecular complexity index is 1200. The number of nitrogens with zero attached hydrogens (tertiary/aromatic N) is 3. The first-order valence-electron chi connectivity index (χ1n) is 8.77. The zero-order valence-electron chi connectivity index (χ0n) is 16.0. The molecular formula is C19H15FN4O7. The van der Waals surface area contributed by atoms with Crippen LogP contribution in [0.2, 0.25) is 0 Å². The van der Waals surface area contributed by atoms with Crippen molar-refractivity contribution in [1.82, 2.24) is 9.78 Å². The maximum absolute atomic E-state index is 13.0. The lowest BCUT2D eigenvalue weighted by Gasteiger charge is -2.08. The number of nitro groups is 1. The molecule has 1 aromatic heterocycles. The standard InChI is InChI=1S/C19H15FN4O7/c1-11-8-14(24(28)29)6-7-15(11)21-16(25)10-30-17(26)9-23-19(27)31-18(22-23)12-2-4-13(20)5-3-12/h2-8H,9-10H2,1H3,(H,21,25). The SMILES string of the molecule is Cc1cc([N+](=O)[O-])ccc1NC(=O)COC(=O)Cn1nc(-c2ccc(F)cc2)oc1=O. The van der Waals surface area contributed by atoms with Gasteiger partial charge in [-0.3, -0.25) is 19.7 Å². The van der Waals surface area contributed by atoms with Gasteiger partial charge in [0.1, 0.15) is 12.4 Å². The van der Waals surface area contributed by atoms with Crippen LogP contribution >= 0.6 is 0 Å². The first-order valence-corrected chi connectivity index (χ1v) is 8.77. The van der Waals surface area contributed by atoms with Gasteiger partial charge in [-0.25, -0.2) is 9.18 Å². The van der Waals surface area contributed by atoms with E-state index in [1.807, 2.05) is 0 Å². The van der Waals surface area contributed by atoms with E-state index in [-0.39, 0.29) is 11.6 Å². The molecule has 3 rings (SSSR count). The number of hydrogen-bond acceptors (Lipinski definition) is 8. The minimum absolute atomic E-state index is 0.107. The van der Waals surface area contributed by atoms with Crippen LogP contribution in [0.5, 0.6) is 0 Å². The second kappa shape index (κ2) is 8.98. The van der Waals surface area contributed by atoms with Crippen LogP contribution in [-0.4, -0.2) is 33.2 Å². The second-order valence-corrected chi connectivity index (χ2v) is 6.30. The Labute approximate surface area is 173 Å². The van der Waals surface area contributed by atoms with Gasteiger partial charge in [0.2, 0.25) is 5.89 Å². The molecule has 11 nitrogen and oxygen atoms in total. The Morgan fingerprint density at radius 2 is 1.97 bits per heavy atom. The number of halogens is 1. The number of anilines is 1. The maximum atomic E-state index is 13.0. The molecule has 0 unspecified atom stereocenters. The number of nitro benzene ring substituents is 1. The molecule has 0 atom stereocenters. The number of rotatable bonds is 7. The molecule has 0 aliphatic rings. The van der Waals surface area contributed by atoms with Gasteiger partial charge in [0.05, 0.1) is 4.92 Å². The Morgan fingerprint density at radius 3 is 2.61 bits per heavy atom. The molecule has 12 heteroatoms. The fourth-order valence-electron chi connectivity index (χ4n) is 2.52. The van der Waals surface area contributed by atoms with Gasteiger partial charge in [0, 0.05) is 23.4 Å². The molecule has 0 saturated carbocycles. The number of ether oxygens (including phenoxy) is 1. The fourth-order valence-corrected chi connectivity index (χ4v) is 2.52. The third kappa shape index (κ3) is 5.38. The van der Waals surface area contributed by atoms with Crippen LogP contribution in [0, 0.1) is 22.9 Å². The number of carbonyl (C=O) groups excluding carboxylic acids is 2. The van der Waals surface area contributed by atoms with Crippen molar-refractivity contribution < 1.29 is 28.1 Å². The number of esters is 1. The van der Waals surface area contributed by atoms with Gasteiger partial charge in [-0.2, -0.15) is 4.68 Å². The number of hydrogen-bond donors (Lipinski definition) is 1. The highest BCUT2D eigenvalue weighted by Gasteiger charge is 2.16. The molecule has 0 spiro atoms. The topological polar surface area (TPSA) is 147 Å². The zero-order chi connectivity index (χ0) is 22.5. The normalized spacial score (nSPS) is 10.5. The van der Waals surface area contributed by atoms with Crippen LogP contribution in [0.1, 0.15) is 5.56 Å². The maximum Gasteiger partial charge on any atom is 0.437 e. The zero-order valence-corrected chi connectivity index (χ0v) is 16.0. The third-order valence-corrected chi connectivity index (χ3v) is 4.04. The lowest BCUT2D eigenvalue weighted by atomic mass is 10.2. The highest BCUT2D eigenvalue weighted by Crippen LogP contribution is 2.21. The van der Waals surface area contributed by atoms with E-state index in [2.05, 4.69) is 10.4 Å². The van der Waals surface area contributed by atoms with Crippen molar-refractivity contribution in [1.29, 1.82) is 0 Å². The summed E-state index contributed by atoms with van der Waals surface area (Å²) in [5, 5.41) is 17.0. The molecule has 160 valence electrons. The quantitative estimate of drug-likeness (QED) is 0.340. The molecule has 2 aromatic carbocycles. The van der Waals surface area contributed by atoms with Crippen molar-refractivity contribution in [2.45, 2.75) is 13.5 Å². The molecule has 0 fully saturated rings. The van der Waals surface area contributed by atoms with Crippen molar-refractivity contribution >= 4 is 23.3 Å². The number of amides is 1. The van der Waals surface area contributed by atoms with Crippen LogP contribution in [-0.2, 0) is 20.9 Å². The Hall–Kier alpha value is -4.35. The predicted molar refractivity (Wildman–Crippen MR) is 104 cm³/mol. The molecule has 1 heterocycles. The van der Waals surface area contributed by atoms with Gasteiger partial charge < -0.3 is 14.5 Å². The molecule has 3 aromatic rings. The van der Waals surface area contributed by atoms with Crippen molar-refractivity contribution in [2.75, 3.05) is 11.9 Å².